The number of fused-ring (bicyclic) bond motifs is 1. The second-order valence-electron chi connectivity index (χ2n) is 8.14. The Morgan fingerprint density at radius 2 is 2.15 bits per heavy atom. The van der Waals surface area contributed by atoms with Crippen molar-refractivity contribution in [3.63, 3.8) is 0 Å². The zero-order valence-electron chi connectivity index (χ0n) is 18.5. The number of carboxylic acids is 1. The molecule has 3 aromatic rings. The zero-order chi connectivity index (χ0) is 23.2. The van der Waals surface area contributed by atoms with Gasteiger partial charge in [-0.25, -0.2) is 4.98 Å². The van der Waals surface area contributed by atoms with Crippen molar-refractivity contribution < 1.29 is 19.4 Å². The minimum Gasteiger partial charge on any atom is -0.497 e. The number of carboxylic acid groups (broad SMARTS) is 1. The van der Waals surface area contributed by atoms with Crippen LogP contribution in [-0.4, -0.2) is 64.2 Å². The van der Waals surface area contributed by atoms with E-state index in [-0.39, 0.29) is 11.7 Å². The maximum Gasteiger partial charge on any atom is 0.308 e. The second kappa shape index (κ2) is 11.1. The fraction of sp³-hybridized carbons (Fsp3) is 0.417. The van der Waals surface area contributed by atoms with Gasteiger partial charge in [-0.15, -0.1) is 11.3 Å². The van der Waals surface area contributed by atoms with Gasteiger partial charge in [-0.1, -0.05) is 11.8 Å². The average molecular weight is 486 g/mol. The summed E-state index contributed by atoms with van der Waals surface area (Å²) in [6.45, 7) is 2.23. The molecule has 1 N–H and O–H groups in total. The van der Waals surface area contributed by atoms with Gasteiger partial charge >= 0.3 is 5.97 Å². The van der Waals surface area contributed by atoms with Crippen LogP contribution in [0.3, 0.4) is 0 Å². The number of carbonyl (C=O) groups is 2. The van der Waals surface area contributed by atoms with Crippen LogP contribution in [0, 0.1) is 11.8 Å². The molecule has 3 heterocycles. The molecule has 7 nitrogen and oxygen atoms in total. The Morgan fingerprint density at radius 3 is 2.91 bits per heavy atom. The molecule has 33 heavy (non-hydrogen) atoms. The smallest absolute Gasteiger partial charge is 0.308 e. The molecule has 0 amide bonds. The van der Waals surface area contributed by atoms with Crippen molar-refractivity contribution in [2.75, 3.05) is 32.5 Å². The van der Waals surface area contributed by atoms with E-state index in [0.717, 1.165) is 40.5 Å². The summed E-state index contributed by atoms with van der Waals surface area (Å²) in [4.78, 5) is 35.9. The van der Waals surface area contributed by atoms with Crippen LogP contribution in [0.5, 0.6) is 5.75 Å². The van der Waals surface area contributed by atoms with Crippen LogP contribution >= 0.6 is 23.1 Å². The Bertz CT molecular complexity index is 1110. The third-order valence-corrected chi connectivity index (χ3v) is 8.14. The summed E-state index contributed by atoms with van der Waals surface area (Å²) in [6, 6.07) is 7.23. The van der Waals surface area contributed by atoms with E-state index in [0.29, 0.717) is 30.7 Å². The highest BCUT2D eigenvalue weighted by Gasteiger charge is 2.34. The molecule has 1 aliphatic heterocycles. The summed E-state index contributed by atoms with van der Waals surface area (Å²) in [6.07, 6.45) is 5.13. The van der Waals surface area contributed by atoms with E-state index in [1.807, 2.05) is 23.6 Å². The van der Waals surface area contributed by atoms with Gasteiger partial charge in [-0.2, -0.15) is 0 Å². The van der Waals surface area contributed by atoms with Gasteiger partial charge in [0.1, 0.15) is 10.1 Å². The van der Waals surface area contributed by atoms with Gasteiger partial charge in [0.2, 0.25) is 0 Å². The first-order chi connectivity index (χ1) is 16.0. The fourth-order valence-electron chi connectivity index (χ4n) is 4.39. The number of methoxy groups -OCH3 is 1. The Morgan fingerprint density at radius 1 is 1.27 bits per heavy atom. The van der Waals surface area contributed by atoms with E-state index < -0.39 is 11.9 Å². The van der Waals surface area contributed by atoms with Crippen LogP contribution in [0.25, 0.3) is 10.9 Å². The predicted octanol–water partition coefficient (Wildman–Crippen LogP) is 4.48. The Balaban J connectivity index is 1.35. The first-order valence-electron chi connectivity index (χ1n) is 11.0. The highest BCUT2D eigenvalue weighted by molar-refractivity contribution is 8.01. The van der Waals surface area contributed by atoms with E-state index >= 15 is 0 Å². The van der Waals surface area contributed by atoms with E-state index in [2.05, 4.69) is 14.9 Å². The number of likely N-dealkylation sites (tertiary alicyclic amines) is 1. The van der Waals surface area contributed by atoms with Crippen LogP contribution in [0.2, 0.25) is 0 Å². The number of hydrogen-bond acceptors (Lipinski definition) is 8. The minimum atomic E-state index is -0.774. The Labute approximate surface area is 201 Å². The lowest BCUT2D eigenvalue weighted by atomic mass is 9.81. The van der Waals surface area contributed by atoms with E-state index in [1.54, 1.807) is 48.7 Å². The lowest BCUT2D eigenvalue weighted by Gasteiger charge is -2.36. The maximum absolute atomic E-state index is 13.1. The molecule has 2 atom stereocenters. The van der Waals surface area contributed by atoms with Crippen molar-refractivity contribution in [3.8, 4) is 5.75 Å². The molecule has 4 rings (SSSR count). The summed E-state index contributed by atoms with van der Waals surface area (Å²) in [5.74, 6) is 0.353. The van der Waals surface area contributed by atoms with E-state index in [9.17, 15) is 14.7 Å². The van der Waals surface area contributed by atoms with Crippen LogP contribution in [0.4, 0.5) is 0 Å². The lowest BCUT2D eigenvalue weighted by molar-refractivity contribution is -0.146. The van der Waals surface area contributed by atoms with Gasteiger partial charge in [0, 0.05) is 54.0 Å². The zero-order valence-corrected chi connectivity index (χ0v) is 20.1. The van der Waals surface area contributed by atoms with Crippen molar-refractivity contribution in [2.24, 2.45) is 11.8 Å². The number of aliphatic carboxylic acids is 1. The standard InChI is InChI=1S/C24H27N3O4S2/c1-31-17-3-4-21-19(14-17)18(6-8-25-21)22(28)5-2-16-7-10-27(15-20(16)23(29)30)11-13-33-24-26-9-12-32-24/h3-4,6,8-9,12,14,16,20H,2,5,7,10-11,13,15H2,1H3,(H,29,30). The molecule has 1 aliphatic rings. The Hall–Kier alpha value is -2.49. The number of rotatable bonds is 10. The molecular weight excluding hydrogens is 458 g/mol. The maximum atomic E-state index is 13.1. The van der Waals surface area contributed by atoms with Gasteiger partial charge in [-0.05, 0) is 49.6 Å². The number of ketones is 1. The topological polar surface area (TPSA) is 92.6 Å². The number of pyridine rings is 1. The lowest BCUT2D eigenvalue weighted by Crippen LogP contribution is -2.44. The molecule has 0 saturated carbocycles. The van der Waals surface area contributed by atoms with Crippen molar-refractivity contribution in [2.45, 2.75) is 23.6 Å². The highest BCUT2D eigenvalue weighted by atomic mass is 32.2. The number of piperidine rings is 1. The van der Waals surface area contributed by atoms with Gasteiger partial charge in [0.15, 0.2) is 5.78 Å². The van der Waals surface area contributed by atoms with Crippen LogP contribution in [0.15, 0.2) is 46.4 Å². The molecule has 9 heteroatoms. The minimum absolute atomic E-state index is 0.00282. The third kappa shape index (κ3) is 5.90. The SMILES string of the molecule is COc1ccc2nccc(C(=O)CCC3CCN(CCSc4nccs4)CC3C(=O)O)c2c1. The van der Waals surface area contributed by atoms with E-state index in [4.69, 9.17) is 4.74 Å². The molecule has 1 aromatic carbocycles. The quantitative estimate of drug-likeness (QED) is 0.332. The summed E-state index contributed by atoms with van der Waals surface area (Å²) in [5, 5.41) is 12.6. The molecule has 0 spiro atoms. The largest absolute Gasteiger partial charge is 0.497 e. The Kier molecular flexibility index (Phi) is 7.95. The third-order valence-electron chi connectivity index (χ3n) is 6.19. The monoisotopic (exact) mass is 485 g/mol. The molecule has 0 aliphatic carbocycles. The highest BCUT2D eigenvalue weighted by Crippen LogP contribution is 2.30. The first-order valence-corrected chi connectivity index (χ1v) is 12.8. The molecule has 0 radical (unpaired) electrons. The molecular formula is C24H27N3O4S2. The predicted molar refractivity (Wildman–Crippen MR) is 130 cm³/mol. The number of carbonyl (C=O) groups excluding carboxylic acids is 1. The van der Waals surface area contributed by atoms with Gasteiger partial charge in [0.25, 0.3) is 0 Å². The van der Waals surface area contributed by atoms with Crippen molar-refractivity contribution in [3.05, 3.63) is 47.6 Å². The number of aromatic nitrogens is 2. The molecule has 2 unspecified atom stereocenters. The van der Waals surface area contributed by atoms with Crippen LogP contribution < -0.4 is 4.74 Å². The molecule has 1 fully saturated rings. The van der Waals surface area contributed by atoms with Crippen molar-refractivity contribution in [1.82, 2.24) is 14.9 Å². The van der Waals surface area contributed by atoms with E-state index in [1.165, 1.54) is 0 Å². The summed E-state index contributed by atoms with van der Waals surface area (Å²) < 4.78 is 6.34. The average Bonchev–Trinajstić information content (AvgIpc) is 3.35. The van der Waals surface area contributed by atoms with Crippen molar-refractivity contribution in [1.29, 1.82) is 0 Å². The van der Waals surface area contributed by atoms with Gasteiger partial charge in [-0.3, -0.25) is 14.6 Å². The molecule has 0 bridgehead atoms. The number of hydrogen-bond donors (Lipinski definition) is 1. The fourth-order valence-corrected chi connectivity index (χ4v) is 6.09. The van der Waals surface area contributed by atoms with Gasteiger partial charge in [0.05, 0.1) is 18.5 Å². The number of nitrogens with zero attached hydrogens (tertiary/aromatic N) is 3. The second-order valence-corrected chi connectivity index (χ2v) is 10.4. The van der Waals surface area contributed by atoms with Gasteiger partial charge < -0.3 is 14.7 Å². The molecule has 1 saturated heterocycles. The normalized spacial score (nSPS) is 18.9. The number of benzene rings is 1. The summed E-state index contributed by atoms with van der Waals surface area (Å²) in [5.41, 5.74) is 1.36. The van der Waals surface area contributed by atoms with Crippen molar-refractivity contribution >= 4 is 45.8 Å². The first kappa shape index (κ1) is 23.7. The summed E-state index contributed by atoms with van der Waals surface area (Å²) in [7, 11) is 1.59. The molecule has 2 aromatic heterocycles. The van der Waals surface area contributed by atoms with Crippen LogP contribution in [-0.2, 0) is 4.79 Å². The number of thioether (sulfide) groups is 1. The number of ether oxygens (including phenoxy) is 1. The number of thiazole rings is 1. The number of Topliss-reactive ketones (excluding diaryl/α,β-unsaturated/α-hetero) is 1. The molecule has 174 valence electrons. The van der Waals surface area contributed by atoms with Crippen LogP contribution in [0.1, 0.15) is 29.6 Å². The summed E-state index contributed by atoms with van der Waals surface area (Å²) >= 11 is 3.33.